The molecule has 0 amide bonds. The summed E-state index contributed by atoms with van der Waals surface area (Å²) in [5.74, 6) is -2.00. The van der Waals surface area contributed by atoms with Gasteiger partial charge in [0.05, 0.1) is 12.8 Å². The van der Waals surface area contributed by atoms with Crippen LogP contribution in [0.4, 0.5) is 0 Å². The molecule has 0 aromatic heterocycles. The van der Waals surface area contributed by atoms with Gasteiger partial charge in [0, 0.05) is 0 Å². The number of hydrogen-bond acceptors (Lipinski definition) is 5. The highest BCUT2D eigenvalue weighted by Crippen LogP contribution is 1.96. The molecule has 6 nitrogen and oxygen atoms in total. The van der Waals surface area contributed by atoms with E-state index < -0.39 is 18.0 Å². The Morgan fingerprint density at radius 3 is 2.23 bits per heavy atom. The number of carbonyl (C=O) groups excluding carboxylic acids is 1. The highest BCUT2D eigenvalue weighted by atomic mass is 16.5. The average molecular weight is 182 g/mol. The lowest BCUT2D eigenvalue weighted by Gasteiger charge is -2.01. The van der Waals surface area contributed by atoms with Crippen LogP contribution in [0.2, 0.25) is 0 Å². The van der Waals surface area contributed by atoms with Crippen LogP contribution in [0.25, 0.3) is 0 Å². The number of carbonyl (C=O) groups is 2. The zero-order chi connectivity index (χ0) is 10.3. The topological polar surface area (TPSA) is 111 Å². The molecule has 0 aliphatic rings. The van der Waals surface area contributed by atoms with E-state index in [0.717, 1.165) is 0 Å². The molecular formula is C7H6N2O4. The zero-order valence-corrected chi connectivity index (χ0v) is 6.56. The van der Waals surface area contributed by atoms with Gasteiger partial charge in [-0.2, -0.15) is 10.5 Å². The van der Waals surface area contributed by atoms with Gasteiger partial charge in [-0.1, -0.05) is 0 Å². The summed E-state index contributed by atoms with van der Waals surface area (Å²) in [4.78, 5) is 20.7. The molecule has 0 aliphatic heterocycles. The second-order valence-corrected chi connectivity index (χ2v) is 2.02. The van der Waals surface area contributed by atoms with Gasteiger partial charge in [0.1, 0.15) is 12.1 Å². The molecule has 0 heterocycles. The van der Waals surface area contributed by atoms with Crippen LogP contribution in [0, 0.1) is 22.7 Å². The molecule has 0 aromatic carbocycles. The first-order valence-corrected chi connectivity index (χ1v) is 3.30. The van der Waals surface area contributed by atoms with Crippen molar-refractivity contribution in [1.29, 1.82) is 10.5 Å². The Kier molecular flexibility index (Phi) is 4.67. The summed E-state index contributed by atoms with van der Waals surface area (Å²) in [7, 11) is 0. The third-order valence-electron chi connectivity index (χ3n) is 1.03. The second-order valence-electron chi connectivity index (χ2n) is 2.02. The lowest BCUT2D eigenvalue weighted by molar-refractivity contribution is -0.148. The first-order valence-electron chi connectivity index (χ1n) is 3.30. The number of aliphatic carboxylic acids is 1. The van der Waals surface area contributed by atoms with E-state index in [1.54, 1.807) is 0 Å². The van der Waals surface area contributed by atoms with Gasteiger partial charge in [0.2, 0.25) is 0 Å². The quantitative estimate of drug-likeness (QED) is 0.603. The van der Waals surface area contributed by atoms with Crippen LogP contribution in [0.1, 0.15) is 12.8 Å². The fourth-order valence-corrected chi connectivity index (χ4v) is 0.481. The van der Waals surface area contributed by atoms with Gasteiger partial charge in [0.15, 0.2) is 0 Å². The Bertz CT molecular complexity index is 272. The summed E-state index contributed by atoms with van der Waals surface area (Å²) in [5, 5.41) is 24.5. The molecule has 0 atom stereocenters. The Morgan fingerprint density at radius 1 is 1.31 bits per heavy atom. The van der Waals surface area contributed by atoms with Crippen LogP contribution in [0.3, 0.4) is 0 Å². The third-order valence-corrected chi connectivity index (χ3v) is 1.03. The predicted molar refractivity (Wildman–Crippen MR) is 38.0 cm³/mol. The maximum absolute atomic E-state index is 10.7. The van der Waals surface area contributed by atoms with Crippen molar-refractivity contribution in [2.24, 2.45) is 0 Å². The molecule has 0 rings (SSSR count). The summed E-state index contributed by atoms with van der Waals surface area (Å²) in [6, 6.07) is 2.84. The van der Waals surface area contributed by atoms with Crippen LogP contribution >= 0.6 is 0 Å². The molecule has 0 spiro atoms. The molecule has 68 valence electrons. The molecule has 0 bridgehead atoms. The molecule has 0 fully saturated rings. The van der Waals surface area contributed by atoms with E-state index in [1.807, 2.05) is 0 Å². The average Bonchev–Trinajstić information content (AvgIpc) is 2.10. The van der Waals surface area contributed by atoms with Crippen LogP contribution in [0.15, 0.2) is 0 Å². The predicted octanol–water partition coefficient (Wildman–Crippen LogP) is -0.190. The fraction of sp³-hybridized carbons (Fsp3) is 0.429. The summed E-state index contributed by atoms with van der Waals surface area (Å²) < 4.78 is 4.27. The maximum Gasteiger partial charge on any atom is 0.308 e. The Morgan fingerprint density at radius 2 is 1.85 bits per heavy atom. The molecule has 0 saturated carbocycles. The van der Waals surface area contributed by atoms with Crippen molar-refractivity contribution in [2.75, 3.05) is 0 Å². The van der Waals surface area contributed by atoms with Gasteiger partial charge in [-0.3, -0.25) is 9.59 Å². The van der Waals surface area contributed by atoms with Crippen molar-refractivity contribution in [2.45, 2.75) is 18.9 Å². The summed E-state index contributed by atoms with van der Waals surface area (Å²) in [5.41, 5.74) is 0. The van der Waals surface area contributed by atoms with Gasteiger partial charge < -0.3 is 9.84 Å². The van der Waals surface area contributed by atoms with E-state index in [2.05, 4.69) is 4.74 Å². The van der Waals surface area contributed by atoms with Crippen LogP contribution in [0.5, 0.6) is 0 Å². The largest absolute Gasteiger partial charge is 0.481 e. The number of nitriles is 2. The van der Waals surface area contributed by atoms with Gasteiger partial charge in [-0.15, -0.1) is 0 Å². The smallest absolute Gasteiger partial charge is 0.308 e. The van der Waals surface area contributed by atoms with Crippen LogP contribution in [-0.2, 0) is 14.3 Å². The Balaban J connectivity index is 3.83. The highest BCUT2D eigenvalue weighted by Gasteiger charge is 2.12. The van der Waals surface area contributed by atoms with Gasteiger partial charge in [-0.05, 0) is 0 Å². The maximum atomic E-state index is 10.7. The molecule has 0 unspecified atom stereocenters. The van der Waals surface area contributed by atoms with Crippen molar-refractivity contribution in [3.05, 3.63) is 0 Å². The third kappa shape index (κ3) is 5.22. The van der Waals surface area contributed by atoms with E-state index in [-0.39, 0.29) is 12.8 Å². The lowest BCUT2D eigenvalue weighted by atomic mass is 10.3. The fourth-order valence-electron chi connectivity index (χ4n) is 0.481. The highest BCUT2D eigenvalue weighted by molar-refractivity contribution is 5.76. The molecule has 0 aliphatic carbocycles. The number of esters is 1. The monoisotopic (exact) mass is 182 g/mol. The molecular weight excluding hydrogens is 176 g/mol. The number of nitrogens with zero attached hydrogens (tertiary/aromatic N) is 2. The van der Waals surface area contributed by atoms with Gasteiger partial charge >= 0.3 is 11.9 Å². The lowest BCUT2D eigenvalue weighted by Crippen LogP contribution is -2.15. The number of carboxylic acid groups (broad SMARTS) is 1. The van der Waals surface area contributed by atoms with Crippen molar-refractivity contribution in [3.63, 3.8) is 0 Å². The first-order chi connectivity index (χ1) is 6.10. The molecule has 0 radical (unpaired) electrons. The summed E-state index contributed by atoms with van der Waals surface area (Å²) >= 11 is 0. The van der Waals surface area contributed by atoms with E-state index in [9.17, 15) is 9.59 Å². The van der Waals surface area contributed by atoms with E-state index in [0.29, 0.717) is 0 Å². The first kappa shape index (κ1) is 10.9. The minimum atomic E-state index is -1.46. The number of hydrogen-bond donors (Lipinski definition) is 1. The van der Waals surface area contributed by atoms with Crippen molar-refractivity contribution in [3.8, 4) is 12.1 Å². The standard InChI is InChI=1S/C7H6N2O4/c8-3-5(4-9)13-7(12)2-1-6(10)11/h5H,1-2H2,(H,10,11). The number of ether oxygens (including phenoxy) is 1. The molecule has 0 aromatic rings. The van der Waals surface area contributed by atoms with Gasteiger partial charge in [-0.25, -0.2) is 0 Å². The second kappa shape index (κ2) is 5.56. The SMILES string of the molecule is N#CC(C#N)OC(=O)CCC(=O)O. The number of carboxylic acids is 1. The van der Waals surface area contributed by atoms with Crippen molar-refractivity contribution >= 4 is 11.9 Å². The normalized spacial score (nSPS) is 8.54. The molecule has 1 N–H and O–H groups in total. The Hall–Kier alpha value is -2.08. The zero-order valence-electron chi connectivity index (χ0n) is 6.56. The van der Waals surface area contributed by atoms with Crippen LogP contribution < -0.4 is 0 Å². The van der Waals surface area contributed by atoms with E-state index >= 15 is 0 Å². The Labute approximate surface area is 73.9 Å². The summed E-state index contributed by atoms with van der Waals surface area (Å²) in [6.45, 7) is 0. The molecule has 6 heteroatoms. The van der Waals surface area contributed by atoms with E-state index in [4.69, 9.17) is 15.6 Å². The summed E-state index contributed by atoms with van der Waals surface area (Å²) in [6.07, 6.45) is -2.17. The minimum absolute atomic E-state index is 0.338. The van der Waals surface area contributed by atoms with E-state index in [1.165, 1.54) is 12.1 Å². The molecule has 13 heavy (non-hydrogen) atoms. The molecule has 0 saturated heterocycles. The minimum Gasteiger partial charge on any atom is -0.481 e. The van der Waals surface area contributed by atoms with Crippen LogP contribution in [-0.4, -0.2) is 23.1 Å². The van der Waals surface area contributed by atoms with Crippen molar-refractivity contribution in [1.82, 2.24) is 0 Å². The van der Waals surface area contributed by atoms with Crippen molar-refractivity contribution < 1.29 is 19.4 Å². The number of rotatable bonds is 4. The van der Waals surface area contributed by atoms with Gasteiger partial charge in [0.25, 0.3) is 6.10 Å².